The molecule has 0 radical (unpaired) electrons. The van der Waals surface area contributed by atoms with Crippen molar-refractivity contribution in [3.63, 3.8) is 0 Å². The van der Waals surface area contributed by atoms with E-state index in [1.807, 2.05) is 18.4 Å². The first-order chi connectivity index (χ1) is 20.7. The van der Waals surface area contributed by atoms with Crippen molar-refractivity contribution in [1.82, 2.24) is 16.0 Å². The van der Waals surface area contributed by atoms with Gasteiger partial charge in [0.1, 0.15) is 23.9 Å². The summed E-state index contributed by atoms with van der Waals surface area (Å²) in [6.07, 6.45) is 2.53. The molecule has 0 heterocycles. The maximum atomic E-state index is 13.5. The van der Waals surface area contributed by atoms with E-state index in [0.717, 1.165) is 16.7 Å². The second-order valence-corrected chi connectivity index (χ2v) is 11.1. The quantitative estimate of drug-likeness (QED) is 0.144. The van der Waals surface area contributed by atoms with Crippen LogP contribution < -0.4 is 21.7 Å². The van der Waals surface area contributed by atoms with E-state index in [9.17, 15) is 29.4 Å². The lowest BCUT2D eigenvalue weighted by atomic mass is 10.0. The van der Waals surface area contributed by atoms with E-state index in [0.29, 0.717) is 5.75 Å². The fourth-order valence-corrected chi connectivity index (χ4v) is 4.89. The van der Waals surface area contributed by atoms with Crippen LogP contribution in [0.15, 0.2) is 84.9 Å². The Morgan fingerprint density at radius 2 is 1.14 bits per heavy atom. The van der Waals surface area contributed by atoms with Crippen molar-refractivity contribution in [3.05, 3.63) is 102 Å². The van der Waals surface area contributed by atoms with Crippen LogP contribution in [0.1, 0.15) is 23.1 Å². The number of hydrogen-bond donors (Lipinski definition) is 6. The van der Waals surface area contributed by atoms with E-state index in [1.54, 1.807) is 60.7 Å². The summed E-state index contributed by atoms with van der Waals surface area (Å²) >= 11 is 1.50. The topological polar surface area (TPSA) is 171 Å². The summed E-state index contributed by atoms with van der Waals surface area (Å²) in [4.78, 5) is 52.0. The van der Waals surface area contributed by atoms with Gasteiger partial charge in [0.15, 0.2) is 0 Å². The molecule has 0 aliphatic heterocycles. The van der Waals surface area contributed by atoms with Gasteiger partial charge in [-0.15, -0.1) is 0 Å². The Morgan fingerprint density at radius 3 is 1.67 bits per heavy atom. The minimum absolute atomic E-state index is 0.0687. The Hall–Kier alpha value is -4.35. The molecule has 0 aliphatic carbocycles. The number of carbonyl (C=O) groups excluding carboxylic acids is 3. The predicted molar refractivity (Wildman–Crippen MR) is 167 cm³/mol. The van der Waals surface area contributed by atoms with Gasteiger partial charge in [-0.05, 0) is 53.7 Å². The van der Waals surface area contributed by atoms with E-state index in [1.165, 1.54) is 23.9 Å². The van der Waals surface area contributed by atoms with Crippen LogP contribution in [0.2, 0.25) is 0 Å². The predicted octanol–water partition coefficient (Wildman–Crippen LogP) is 2.04. The van der Waals surface area contributed by atoms with E-state index in [4.69, 9.17) is 5.73 Å². The molecular formula is C32H38N4O6S. The van der Waals surface area contributed by atoms with Crippen LogP contribution in [-0.4, -0.2) is 70.1 Å². The number of phenolic OH excluding ortho intramolecular Hbond substituents is 1. The molecule has 0 saturated carbocycles. The van der Waals surface area contributed by atoms with Gasteiger partial charge in [0, 0.05) is 12.8 Å². The van der Waals surface area contributed by atoms with Gasteiger partial charge in [-0.3, -0.25) is 14.4 Å². The number of carboxylic acids is 1. The van der Waals surface area contributed by atoms with Crippen LogP contribution in [0.3, 0.4) is 0 Å². The van der Waals surface area contributed by atoms with E-state index in [-0.39, 0.29) is 31.4 Å². The largest absolute Gasteiger partial charge is 0.508 e. The zero-order valence-electron chi connectivity index (χ0n) is 23.9. The molecule has 3 rings (SSSR count). The van der Waals surface area contributed by atoms with Gasteiger partial charge in [-0.25, -0.2) is 4.79 Å². The zero-order valence-corrected chi connectivity index (χ0v) is 24.8. The number of aliphatic carboxylic acids is 1. The summed E-state index contributed by atoms with van der Waals surface area (Å²) < 4.78 is 0. The Balaban J connectivity index is 1.75. The second-order valence-electron chi connectivity index (χ2n) is 10.2. The van der Waals surface area contributed by atoms with Crippen molar-refractivity contribution in [2.24, 2.45) is 5.73 Å². The molecule has 7 N–H and O–H groups in total. The molecule has 0 aromatic heterocycles. The molecule has 0 bridgehead atoms. The smallest absolute Gasteiger partial charge is 0.326 e. The summed E-state index contributed by atoms with van der Waals surface area (Å²) in [6, 6.07) is 20.1. The summed E-state index contributed by atoms with van der Waals surface area (Å²) in [5.74, 6) is -2.31. The molecule has 3 aromatic rings. The fraction of sp³-hybridized carbons (Fsp3) is 0.312. The van der Waals surface area contributed by atoms with Crippen LogP contribution in [0.25, 0.3) is 0 Å². The average Bonchev–Trinajstić information content (AvgIpc) is 3.00. The van der Waals surface area contributed by atoms with Crippen LogP contribution in [0, 0.1) is 0 Å². The number of nitrogens with two attached hydrogens (primary N) is 1. The van der Waals surface area contributed by atoms with Gasteiger partial charge in [0.2, 0.25) is 17.7 Å². The fourth-order valence-electron chi connectivity index (χ4n) is 4.42. The molecule has 11 heteroatoms. The van der Waals surface area contributed by atoms with Crippen LogP contribution >= 0.6 is 11.8 Å². The first kappa shape index (κ1) is 33.2. The van der Waals surface area contributed by atoms with Crippen LogP contribution in [0.4, 0.5) is 0 Å². The van der Waals surface area contributed by atoms with Gasteiger partial charge in [0.25, 0.3) is 0 Å². The van der Waals surface area contributed by atoms with Crippen LogP contribution in [0.5, 0.6) is 5.75 Å². The van der Waals surface area contributed by atoms with Crippen molar-refractivity contribution in [1.29, 1.82) is 0 Å². The molecule has 4 atom stereocenters. The van der Waals surface area contributed by atoms with Crippen molar-refractivity contribution in [3.8, 4) is 5.75 Å². The molecule has 3 amide bonds. The van der Waals surface area contributed by atoms with Crippen molar-refractivity contribution in [2.75, 3.05) is 12.0 Å². The third kappa shape index (κ3) is 11.1. The molecule has 0 fully saturated rings. The van der Waals surface area contributed by atoms with E-state index >= 15 is 0 Å². The zero-order chi connectivity index (χ0) is 31.2. The molecule has 4 unspecified atom stereocenters. The molecule has 0 aliphatic rings. The number of aromatic hydroxyl groups is 1. The van der Waals surface area contributed by atoms with Gasteiger partial charge in [-0.2, -0.15) is 11.8 Å². The molecule has 228 valence electrons. The van der Waals surface area contributed by atoms with Crippen molar-refractivity contribution < 1.29 is 29.4 Å². The minimum Gasteiger partial charge on any atom is -0.508 e. The number of carboxylic acid groups (broad SMARTS) is 1. The second kappa shape index (κ2) is 16.9. The molecule has 3 aromatic carbocycles. The van der Waals surface area contributed by atoms with E-state index < -0.39 is 47.9 Å². The molecule has 10 nitrogen and oxygen atoms in total. The summed E-state index contributed by atoms with van der Waals surface area (Å²) in [6.45, 7) is 0. The normalized spacial score (nSPS) is 13.6. The average molecular weight is 607 g/mol. The third-order valence-corrected chi connectivity index (χ3v) is 7.43. The number of rotatable bonds is 16. The van der Waals surface area contributed by atoms with E-state index in [2.05, 4.69) is 16.0 Å². The molecule has 43 heavy (non-hydrogen) atoms. The van der Waals surface area contributed by atoms with Crippen molar-refractivity contribution >= 4 is 35.5 Å². The van der Waals surface area contributed by atoms with Crippen LogP contribution in [-0.2, 0) is 38.4 Å². The number of thioether (sulfide) groups is 1. The number of nitrogens with one attached hydrogen (secondary N) is 3. The number of phenols is 1. The number of hydrogen-bond acceptors (Lipinski definition) is 7. The Morgan fingerprint density at radius 1 is 0.674 bits per heavy atom. The highest BCUT2D eigenvalue weighted by atomic mass is 32.2. The number of carbonyl (C=O) groups is 4. The lowest BCUT2D eigenvalue weighted by molar-refractivity contribution is -0.142. The Kier molecular flexibility index (Phi) is 13.1. The highest BCUT2D eigenvalue weighted by Gasteiger charge is 2.30. The first-order valence-corrected chi connectivity index (χ1v) is 15.3. The Labute approximate surface area is 255 Å². The monoisotopic (exact) mass is 606 g/mol. The molecule has 0 saturated heterocycles. The molecule has 0 spiro atoms. The molecular weight excluding hydrogens is 568 g/mol. The van der Waals surface area contributed by atoms with Gasteiger partial charge < -0.3 is 31.9 Å². The standard InChI is InChI=1S/C32H38N4O6S/c1-43-17-16-26(34-29(38)25(33)18-23-12-14-24(37)15-13-23)30(39)35-27(19-21-8-4-2-5-9-21)31(40)36-28(32(41)42)20-22-10-6-3-7-11-22/h2-15,25-28,37H,16-20,33H2,1H3,(H,34,38)(H,35,39)(H,36,40)(H,41,42). The van der Waals surface area contributed by atoms with Gasteiger partial charge >= 0.3 is 5.97 Å². The number of amides is 3. The third-order valence-electron chi connectivity index (χ3n) is 6.79. The first-order valence-electron chi connectivity index (χ1n) is 13.9. The van der Waals surface area contributed by atoms with Gasteiger partial charge in [-0.1, -0.05) is 72.8 Å². The minimum atomic E-state index is -1.21. The highest BCUT2D eigenvalue weighted by molar-refractivity contribution is 7.98. The van der Waals surface area contributed by atoms with Gasteiger partial charge in [0.05, 0.1) is 6.04 Å². The number of benzene rings is 3. The van der Waals surface area contributed by atoms with Crippen molar-refractivity contribution in [2.45, 2.75) is 49.9 Å². The lowest BCUT2D eigenvalue weighted by Crippen LogP contribution is -2.58. The summed E-state index contributed by atoms with van der Waals surface area (Å²) in [5, 5.41) is 27.4. The highest BCUT2D eigenvalue weighted by Crippen LogP contribution is 2.12. The SMILES string of the molecule is CSCCC(NC(=O)C(N)Cc1ccc(O)cc1)C(=O)NC(Cc1ccccc1)C(=O)NC(Cc1ccccc1)C(=O)O. The summed E-state index contributed by atoms with van der Waals surface area (Å²) in [5.41, 5.74) is 8.38. The lowest BCUT2D eigenvalue weighted by Gasteiger charge is -2.25. The Bertz CT molecular complexity index is 1340. The maximum Gasteiger partial charge on any atom is 0.326 e. The maximum absolute atomic E-state index is 13.5. The summed E-state index contributed by atoms with van der Waals surface area (Å²) in [7, 11) is 0.